The first kappa shape index (κ1) is 17.6. The highest BCUT2D eigenvalue weighted by atomic mass is 19.1. The number of rotatable bonds is 6. The summed E-state index contributed by atoms with van der Waals surface area (Å²) in [5.74, 6) is 0.148. The van der Waals surface area contributed by atoms with Crippen LogP contribution in [0.3, 0.4) is 0 Å². The van der Waals surface area contributed by atoms with Gasteiger partial charge in [-0.3, -0.25) is 4.99 Å². The van der Waals surface area contributed by atoms with E-state index in [1.165, 1.54) is 24.5 Å². The van der Waals surface area contributed by atoms with Gasteiger partial charge in [-0.1, -0.05) is 30.3 Å². The Morgan fingerprint density at radius 3 is 2.81 bits per heavy atom. The quantitative estimate of drug-likeness (QED) is 0.667. The molecule has 3 aromatic rings. The third-order valence-corrected chi connectivity index (χ3v) is 3.88. The molecule has 0 amide bonds. The van der Waals surface area contributed by atoms with Crippen molar-refractivity contribution in [2.45, 2.75) is 12.6 Å². The minimum absolute atomic E-state index is 0.293. The van der Waals surface area contributed by atoms with Crippen LogP contribution < -0.4 is 5.73 Å². The van der Waals surface area contributed by atoms with Crippen LogP contribution in [-0.4, -0.2) is 20.9 Å². The van der Waals surface area contributed by atoms with Crippen LogP contribution in [0.4, 0.5) is 10.1 Å². The van der Waals surface area contributed by atoms with Crippen LogP contribution in [-0.2, 0) is 6.54 Å². The zero-order valence-electron chi connectivity index (χ0n) is 14.0. The molecule has 1 atom stereocenters. The van der Waals surface area contributed by atoms with Crippen LogP contribution in [0.5, 0.6) is 0 Å². The summed E-state index contributed by atoms with van der Waals surface area (Å²) in [6.07, 6.45) is 7.14. The number of aliphatic hydroxyl groups excluding tert-OH is 1. The fraction of sp³-hybridized carbons (Fsp3) is 0.100. The van der Waals surface area contributed by atoms with Crippen LogP contribution >= 0.6 is 0 Å². The fourth-order valence-corrected chi connectivity index (χ4v) is 2.64. The molecule has 0 aliphatic heterocycles. The van der Waals surface area contributed by atoms with Crippen molar-refractivity contribution < 1.29 is 9.50 Å². The standard InChI is InChI=1S/C20H19FN4O/c21-16-7-8-18(23-10-4-9-22)17(13-16)20-24-11-12-25(20)14-19(26)15-5-2-1-3-6-15/h1-13,19,26H,14,22H2/b9-4-,23-10?. The molecule has 6 heteroatoms. The van der Waals surface area contributed by atoms with E-state index >= 15 is 0 Å². The molecule has 1 heterocycles. The second-order valence-corrected chi connectivity index (χ2v) is 5.65. The van der Waals surface area contributed by atoms with Gasteiger partial charge in [-0.2, -0.15) is 0 Å². The Balaban J connectivity index is 1.94. The second kappa shape index (κ2) is 8.22. The molecular weight excluding hydrogens is 331 g/mol. The average molecular weight is 350 g/mol. The Bertz CT molecular complexity index is 919. The molecule has 132 valence electrons. The number of hydrogen-bond donors (Lipinski definition) is 2. The zero-order valence-corrected chi connectivity index (χ0v) is 14.0. The number of aliphatic imine (C=N–C) groups is 1. The number of halogens is 1. The van der Waals surface area contributed by atoms with Crippen LogP contribution in [0.2, 0.25) is 0 Å². The first-order valence-electron chi connectivity index (χ1n) is 8.14. The van der Waals surface area contributed by atoms with Crippen molar-refractivity contribution in [3.8, 4) is 11.4 Å². The number of nitrogens with two attached hydrogens (primary N) is 1. The molecule has 0 spiro atoms. The number of aromatic nitrogens is 2. The van der Waals surface area contributed by atoms with Gasteiger partial charge >= 0.3 is 0 Å². The van der Waals surface area contributed by atoms with Crippen molar-refractivity contribution >= 4 is 11.9 Å². The van der Waals surface area contributed by atoms with E-state index in [-0.39, 0.29) is 5.82 Å². The van der Waals surface area contributed by atoms with Crippen molar-refractivity contribution in [1.29, 1.82) is 0 Å². The highest BCUT2D eigenvalue weighted by Crippen LogP contribution is 2.30. The molecule has 0 saturated heterocycles. The molecule has 0 saturated carbocycles. The van der Waals surface area contributed by atoms with E-state index in [4.69, 9.17) is 5.73 Å². The summed E-state index contributed by atoms with van der Waals surface area (Å²) in [6.45, 7) is 0.293. The van der Waals surface area contributed by atoms with Gasteiger partial charge in [0, 0.05) is 24.2 Å². The zero-order chi connectivity index (χ0) is 18.4. The van der Waals surface area contributed by atoms with Crippen molar-refractivity contribution in [1.82, 2.24) is 9.55 Å². The van der Waals surface area contributed by atoms with Crippen LogP contribution in [0, 0.1) is 5.82 Å². The highest BCUT2D eigenvalue weighted by molar-refractivity contribution is 5.80. The fourth-order valence-electron chi connectivity index (χ4n) is 2.64. The van der Waals surface area contributed by atoms with Gasteiger partial charge in [-0.05, 0) is 36.0 Å². The van der Waals surface area contributed by atoms with Crippen molar-refractivity contribution in [2.24, 2.45) is 10.7 Å². The Hall–Kier alpha value is -3.25. The topological polar surface area (TPSA) is 76.4 Å². The summed E-state index contributed by atoms with van der Waals surface area (Å²) in [5, 5.41) is 10.5. The van der Waals surface area contributed by atoms with Gasteiger partial charge in [0.25, 0.3) is 0 Å². The molecule has 5 nitrogen and oxygen atoms in total. The van der Waals surface area contributed by atoms with E-state index in [1.54, 1.807) is 29.1 Å². The third-order valence-electron chi connectivity index (χ3n) is 3.88. The highest BCUT2D eigenvalue weighted by Gasteiger charge is 2.15. The number of benzene rings is 2. The molecular formula is C20H19FN4O. The number of imidazole rings is 1. The molecule has 3 N–H and O–H groups in total. The summed E-state index contributed by atoms with van der Waals surface area (Å²) in [7, 11) is 0. The van der Waals surface area contributed by atoms with Gasteiger partial charge in [-0.25, -0.2) is 9.37 Å². The molecule has 2 aromatic carbocycles. The molecule has 0 aliphatic rings. The van der Waals surface area contributed by atoms with Gasteiger partial charge in [0.2, 0.25) is 0 Å². The molecule has 1 unspecified atom stereocenters. The minimum Gasteiger partial charge on any atom is -0.405 e. The van der Waals surface area contributed by atoms with E-state index in [1.807, 2.05) is 30.3 Å². The van der Waals surface area contributed by atoms with Gasteiger partial charge < -0.3 is 15.4 Å². The van der Waals surface area contributed by atoms with Crippen molar-refractivity contribution in [3.05, 3.63) is 84.6 Å². The number of allylic oxidation sites excluding steroid dienone is 1. The molecule has 0 fully saturated rings. The monoisotopic (exact) mass is 350 g/mol. The van der Waals surface area contributed by atoms with Gasteiger partial charge in [0.15, 0.2) is 0 Å². The SMILES string of the molecule is N/C=C\C=Nc1ccc(F)cc1-c1nccn1CC(O)c1ccccc1. The summed E-state index contributed by atoms with van der Waals surface area (Å²) in [4.78, 5) is 8.63. The molecule has 0 bridgehead atoms. The van der Waals surface area contributed by atoms with E-state index < -0.39 is 6.10 Å². The van der Waals surface area contributed by atoms with E-state index in [0.29, 0.717) is 23.6 Å². The van der Waals surface area contributed by atoms with Crippen LogP contribution in [0.1, 0.15) is 11.7 Å². The van der Waals surface area contributed by atoms with E-state index in [2.05, 4.69) is 9.98 Å². The summed E-state index contributed by atoms with van der Waals surface area (Å²) in [5.41, 5.74) is 7.21. The van der Waals surface area contributed by atoms with Crippen LogP contribution in [0.25, 0.3) is 11.4 Å². The van der Waals surface area contributed by atoms with E-state index in [9.17, 15) is 9.50 Å². The normalized spacial score (nSPS) is 12.8. The maximum atomic E-state index is 13.8. The summed E-state index contributed by atoms with van der Waals surface area (Å²) >= 11 is 0. The predicted octanol–water partition coefficient (Wildman–Crippen LogP) is 3.60. The lowest BCUT2D eigenvalue weighted by Gasteiger charge is -2.15. The third kappa shape index (κ3) is 4.04. The van der Waals surface area contributed by atoms with Gasteiger partial charge in [0.1, 0.15) is 11.6 Å². The van der Waals surface area contributed by atoms with Gasteiger partial charge in [0.05, 0.1) is 18.3 Å². The number of aliphatic hydroxyl groups is 1. The number of nitrogens with zero attached hydrogens (tertiary/aromatic N) is 3. The first-order chi connectivity index (χ1) is 12.7. The molecule has 0 radical (unpaired) electrons. The molecule has 26 heavy (non-hydrogen) atoms. The number of hydrogen-bond acceptors (Lipinski definition) is 4. The lowest BCUT2D eigenvalue weighted by Crippen LogP contribution is -2.09. The first-order valence-corrected chi connectivity index (χ1v) is 8.14. The second-order valence-electron chi connectivity index (χ2n) is 5.65. The predicted molar refractivity (Wildman–Crippen MR) is 101 cm³/mol. The summed E-state index contributed by atoms with van der Waals surface area (Å²) < 4.78 is 15.6. The van der Waals surface area contributed by atoms with Gasteiger partial charge in [-0.15, -0.1) is 0 Å². The lowest BCUT2D eigenvalue weighted by molar-refractivity contribution is 0.157. The Kier molecular flexibility index (Phi) is 5.56. The van der Waals surface area contributed by atoms with Crippen molar-refractivity contribution in [3.63, 3.8) is 0 Å². The Labute approximate surface area is 151 Å². The maximum absolute atomic E-state index is 13.8. The smallest absolute Gasteiger partial charge is 0.142 e. The average Bonchev–Trinajstić information content (AvgIpc) is 3.11. The largest absolute Gasteiger partial charge is 0.405 e. The minimum atomic E-state index is -0.704. The Morgan fingerprint density at radius 1 is 1.23 bits per heavy atom. The van der Waals surface area contributed by atoms with E-state index in [0.717, 1.165) is 5.56 Å². The van der Waals surface area contributed by atoms with Crippen LogP contribution in [0.15, 0.2) is 78.2 Å². The maximum Gasteiger partial charge on any atom is 0.142 e. The lowest BCUT2D eigenvalue weighted by atomic mass is 10.1. The Morgan fingerprint density at radius 2 is 2.04 bits per heavy atom. The van der Waals surface area contributed by atoms with Crippen molar-refractivity contribution in [2.75, 3.05) is 0 Å². The molecule has 3 rings (SSSR count). The molecule has 1 aromatic heterocycles. The molecule has 0 aliphatic carbocycles. The summed E-state index contributed by atoms with van der Waals surface area (Å²) in [6, 6.07) is 13.7.